The fraction of sp³-hybridized carbons (Fsp3) is 0.515. The lowest BCUT2D eigenvalue weighted by Gasteiger charge is -2.59. The Bertz CT molecular complexity index is 1520. The second-order valence-corrected chi connectivity index (χ2v) is 12.1. The molecule has 6 rings (SSSR count). The highest BCUT2D eigenvalue weighted by Gasteiger charge is 2.56. The number of aliphatic hydroxyl groups is 1. The minimum absolute atomic E-state index is 0.0750. The van der Waals surface area contributed by atoms with E-state index < -0.39 is 12.1 Å². The second kappa shape index (κ2) is 13.4. The molecule has 2 bridgehead atoms. The number of piperazine rings is 1. The first-order valence-electron chi connectivity index (χ1n) is 14.8. The number of fused-ring (bicyclic) bond motifs is 9. The third kappa shape index (κ3) is 5.49. The molecular weight excluding hydrogens is 602 g/mol. The molecule has 12 heteroatoms. The molecule has 0 saturated carbocycles. The van der Waals surface area contributed by atoms with Gasteiger partial charge in [0.25, 0.3) is 0 Å². The number of carbonyl (C=O) groups is 1. The quantitative estimate of drug-likeness (QED) is 0.254. The van der Waals surface area contributed by atoms with Crippen LogP contribution >= 0.6 is 11.6 Å². The van der Waals surface area contributed by atoms with Crippen molar-refractivity contribution in [2.24, 2.45) is 0 Å². The van der Waals surface area contributed by atoms with Crippen molar-refractivity contribution in [3.8, 4) is 34.8 Å². The first-order valence-corrected chi connectivity index (χ1v) is 15.2. The third-order valence-corrected chi connectivity index (χ3v) is 9.09. The second-order valence-electron chi connectivity index (χ2n) is 11.5. The maximum absolute atomic E-state index is 11.0. The Hall–Kier alpha value is -3.53. The maximum Gasteiger partial charge on any atom is 0.231 e. The van der Waals surface area contributed by atoms with Gasteiger partial charge < -0.3 is 33.5 Å². The molecule has 1 N–H and O–H groups in total. The number of aliphatic hydroxyl groups excluding tert-OH is 1. The summed E-state index contributed by atoms with van der Waals surface area (Å²) in [5.74, 6) is 3.30. The lowest BCUT2D eigenvalue weighted by atomic mass is 9.71. The largest absolute Gasteiger partial charge is 0.493 e. The molecule has 11 nitrogen and oxygen atoms in total. The summed E-state index contributed by atoms with van der Waals surface area (Å²) < 4.78 is 35.6. The molecule has 242 valence electrons. The Morgan fingerprint density at radius 3 is 2.49 bits per heavy atom. The first kappa shape index (κ1) is 32.9. The molecule has 0 radical (unpaired) electrons. The van der Waals surface area contributed by atoms with Crippen molar-refractivity contribution in [2.45, 2.75) is 63.8 Å². The van der Waals surface area contributed by atoms with Crippen molar-refractivity contribution in [3.63, 3.8) is 0 Å². The zero-order chi connectivity index (χ0) is 32.6. The van der Waals surface area contributed by atoms with Crippen LogP contribution in [0.4, 0.5) is 0 Å². The molecule has 5 atom stereocenters. The molecule has 0 spiro atoms. The summed E-state index contributed by atoms with van der Waals surface area (Å²) in [6.07, 6.45) is 2.93. The van der Waals surface area contributed by atoms with Crippen LogP contribution in [-0.2, 0) is 22.4 Å². The first-order chi connectivity index (χ1) is 21.6. The van der Waals surface area contributed by atoms with Crippen molar-refractivity contribution in [3.05, 3.63) is 52.1 Å². The smallest absolute Gasteiger partial charge is 0.231 e. The van der Waals surface area contributed by atoms with E-state index in [0.29, 0.717) is 48.2 Å². The normalized spacial score (nSPS) is 24.2. The Kier molecular flexibility index (Phi) is 9.82. The molecule has 0 unspecified atom stereocenters. The van der Waals surface area contributed by atoms with Gasteiger partial charge in [0.2, 0.25) is 12.0 Å². The van der Waals surface area contributed by atoms with Gasteiger partial charge in [0.15, 0.2) is 29.8 Å². The zero-order valence-electron chi connectivity index (χ0n) is 26.5. The molecule has 4 heterocycles. The molecule has 0 aromatic heterocycles. The topological polar surface area (TPSA) is 123 Å². The summed E-state index contributed by atoms with van der Waals surface area (Å²) >= 11 is 4.64. The number of benzene rings is 2. The third-order valence-electron chi connectivity index (χ3n) is 9.09. The molecule has 4 aliphatic heterocycles. The number of methoxy groups -OCH3 is 2. The fourth-order valence-corrected chi connectivity index (χ4v) is 7.58. The molecule has 2 aromatic carbocycles. The number of halogens is 1. The van der Waals surface area contributed by atoms with Gasteiger partial charge in [-0.1, -0.05) is 18.7 Å². The van der Waals surface area contributed by atoms with Gasteiger partial charge in [-0.05, 0) is 56.5 Å². The van der Waals surface area contributed by atoms with E-state index in [4.69, 9.17) is 28.4 Å². The average Bonchev–Trinajstić information content (AvgIpc) is 3.50. The van der Waals surface area contributed by atoms with E-state index in [1.54, 1.807) is 20.3 Å². The predicted molar refractivity (Wildman–Crippen MR) is 166 cm³/mol. The van der Waals surface area contributed by atoms with Crippen LogP contribution in [0.5, 0.6) is 28.7 Å². The van der Waals surface area contributed by atoms with E-state index in [-0.39, 0.29) is 43.6 Å². The number of hydrogen-bond acceptors (Lipinski definition) is 11. The average molecular weight is 642 g/mol. The lowest BCUT2D eigenvalue weighted by Crippen LogP contribution is -2.68. The van der Waals surface area contributed by atoms with E-state index in [2.05, 4.69) is 47.2 Å². The molecule has 0 aliphatic carbocycles. The van der Waals surface area contributed by atoms with Crippen LogP contribution in [0.3, 0.4) is 0 Å². The van der Waals surface area contributed by atoms with Crippen LogP contribution < -0.4 is 23.7 Å². The van der Waals surface area contributed by atoms with Gasteiger partial charge in [0.1, 0.15) is 18.4 Å². The number of nitrogens with zero attached hydrogens (tertiary/aromatic N) is 3. The van der Waals surface area contributed by atoms with Crippen LogP contribution in [0, 0.1) is 25.2 Å². The maximum atomic E-state index is 11.0. The molecule has 1 saturated heterocycles. The van der Waals surface area contributed by atoms with Gasteiger partial charge in [-0.25, -0.2) is 0 Å². The minimum atomic E-state index is -0.494. The van der Waals surface area contributed by atoms with Gasteiger partial charge in [0.05, 0.1) is 31.9 Å². The van der Waals surface area contributed by atoms with E-state index >= 15 is 0 Å². The van der Waals surface area contributed by atoms with Crippen molar-refractivity contribution >= 4 is 16.8 Å². The van der Waals surface area contributed by atoms with E-state index in [0.717, 1.165) is 33.4 Å². The number of likely N-dealkylation sites (N-methyl/N-ethyl adjacent to an activating group) is 1. The van der Waals surface area contributed by atoms with Crippen molar-refractivity contribution in [1.82, 2.24) is 9.80 Å². The van der Waals surface area contributed by atoms with E-state index in [9.17, 15) is 15.2 Å². The molecule has 4 aliphatic rings. The van der Waals surface area contributed by atoms with Crippen LogP contribution in [0.15, 0.2) is 18.7 Å². The summed E-state index contributed by atoms with van der Waals surface area (Å²) in [5.41, 5.74) is 5.78. The van der Waals surface area contributed by atoms with Crippen LogP contribution in [0.25, 0.3) is 0 Å². The molecule has 2 aromatic rings. The fourth-order valence-electron chi connectivity index (χ4n) is 7.58. The summed E-state index contributed by atoms with van der Waals surface area (Å²) in [4.78, 5) is 13.7. The Balaban J connectivity index is 0.000000945. The van der Waals surface area contributed by atoms with E-state index in [1.165, 1.54) is 6.92 Å². The number of rotatable bonds is 8. The van der Waals surface area contributed by atoms with Crippen molar-refractivity contribution in [2.75, 3.05) is 48.1 Å². The van der Waals surface area contributed by atoms with Gasteiger partial charge in [-0.15, -0.1) is 0 Å². The lowest BCUT2D eigenvalue weighted by molar-refractivity contribution is -0.109. The molecular formula is C33H40ClN3O8. The highest BCUT2D eigenvalue weighted by Crippen LogP contribution is 2.58. The number of hydrogen-bond donors (Lipinski definition) is 1. The SMILES string of the molecule is C=CCOc1c(C)c2c(c3c1C[C@H]1[C@H]4c5c(cc(C)c(OC)c5OCOC)C[C@@H]([C@H](C#N)N1[C@H]3CO)N4C)OCO2.CC(=O)Cl. The summed E-state index contributed by atoms with van der Waals surface area (Å²) in [7, 11) is 5.32. The van der Waals surface area contributed by atoms with Gasteiger partial charge >= 0.3 is 0 Å². The molecule has 45 heavy (non-hydrogen) atoms. The number of nitriles is 1. The van der Waals surface area contributed by atoms with E-state index in [1.807, 2.05) is 13.8 Å². The van der Waals surface area contributed by atoms with Crippen LogP contribution in [-0.4, -0.2) is 86.3 Å². The number of carbonyl (C=O) groups excluding carboxylic acids is 1. The number of ether oxygens (including phenoxy) is 6. The number of aryl methyl sites for hydroxylation is 1. The standard InChI is InChI=1S/C31H37N3O7.C2H3ClO/c1-7-8-38-28-17(3)29-31(41-15-40-29)25-19(28)11-21-26-24-18(9-16(2)27(37-6)30(24)39-14-36-5)10-20(33(26)4)22(12-32)34(21)23(25)13-35;1-2(3)4/h7,9,20-23,26,35H,1,8,10-11,13-15H2,2-6H3;1H3/t20-,21-,22-,23-,26-;/m0./s1. The summed E-state index contributed by atoms with van der Waals surface area (Å²) in [6, 6.07) is 3.36. The Morgan fingerprint density at radius 1 is 1.16 bits per heavy atom. The van der Waals surface area contributed by atoms with Crippen LogP contribution in [0.1, 0.15) is 52.4 Å². The van der Waals surface area contributed by atoms with Crippen molar-refractivity contribution < 1.29 is 38.3 Å². The Labute approximate surface area is 268 Å². The summed E-state index contributed by atoms with van der Waals surface area (Å²) in [5, 5.41) is 21.3. The Morgan fingerprint density at radius 2 is 1.87 bits per heavy atom. The van der Waals surface area contributed by atoms with Gasteiger partial charge in [0, 0.05) is 48.4 Å². The summed E-state index contributed by atoms with van der Waals surface area (Å²) in [6.45, 7) is 9.40. The van der Waals surface area contributed by atoms with Gasteiger partial charge in [-0.2, -0.15) is 5.26 Å². The zero-order valence-corrected chi connectivity index (χ0v) is 27.3. The van der Waals surface area contributed by atoms with Crippen molar-refractivity contribution in [1.29, 1.82) is 5.26 Å². The van der Waals surface area contributed by atoms with Gasteiger partial charge in [-0.3, -0.25) is 14.6 Å². The molecule has 0 amide bonds. The highest BCUT2D eigenvalue weighted by atomic mass is 35.5. The highest BCUT2D eigenvalue weighted by molar-refractivity contribution is 6.62. The van der Waals surface area contributed by atoms with Crippen LogP contribution in [0.2, 0.25) is 0 Å². The monoisotopic (exact) mass is 641 g/mol. The molecule has 1 fully saturated rings. The minimum Gasteiger partial charge on any atom is -0.493 e. The predicted octanol–water partition coefficient (Wildman–Crippen LogP) is 4.12.